The standard InChI is InChI=1S/C11H23N.C2H6/c1-10(2)4-5-11-6-8-12(3)9-7-11;1-2/h10-11H,4-9H2,1-3H3;1-2H3. The van der Waals surface area contributed by atoms with Gasteiger partial charge in [-0.3, -0.25) is 0 Å². The predicted molar refractivity (Wildman–Crippen MR) is 65.6 cm³/mol. The van der Waals surface area contributed by atoms with Gasteiger partial charge in [-0.15, -0.1) is 0 Å². The van der Waals surface area contributed by atoms with Crippen molar-refractivity contribution >= 4 is 0 Å². The zero-order chi connectivity index (χ0) is 11.0. The van der Waals surface area contributed by atoms with E-state index in [4.69, 9.17) is 0 Å². The molecule has 0 N–H and O–H groups in total. The molecule has 14 heavy (non-hydrogen) atoms. The molecule has 1 aliphatic rings. The van der Waals surface area contributed by atoms with Gasteiger partial charge in [0.2, 0.25) is 0 Å². The lowest BCUT2D eigenvalue weighted by Crippen LogP contribution is -2.30. The van der Waals surface area contributed by atoms with Crippen LogP contribution in [0.25, 0.3) is 0 Å². The Bertz CT molecular complexity index is 112. The summed E-state index contributed by atoms with van der Waals surface area (Å²) in [5.41, 5.74) is 0. The molecule has 0 aromatic heterocycles. The first-order valence-electron chi connectivity index (χ1n) is 6.37. The van der Waals surface area contributed by atoms with Crippen molar-refractivity contribution in [2.45, 2.75) is 53.4 Å². The Kier molecular flexibility index (Phi) is 8.26. The highest BCUT2D eigenvalue weighted by atomic mass is 15.1. The highest BCUT2D eigenvalue weighted by molar-refractivity contribution is 4.70. The molecule has 1 rings (SSSR count). The lowest BCUT2D eigenvalue weighted by atomic mass is 9.90. The molecule has 0 aromatic carbocycles. The van der Waals surface area contributed by atoms with E-state index in [1.165, 1.54) is 38.8 Å². The average Bonchev–Trinajstić information content (AvgIpc) is 2.20. The van der Waals surface area contributed by atoms with Crippen LogP contribution in [0.15, 0.2) is 0 Å². The van der Waals surface area contributed by atoms with Crippen molar-refractivity contribution in [3.63, 3.8) is 0 Å². The van der Waals surface area contributed by atoms with Gasteiger partial charge in [-0.25, -0.2) is 0 Å². The SMILES string of the molecule is CC.CC(C)CCC1CCN(C)CC1. The third kappa shape index (κ3) is 6.42. The van der Waals surface area contributed by atoms with Gasteiger partial charge in [0.25, 0.3) is 0 Å². The summed E-state index contributed by atoms with van der Waals surface area (Å²) in [7, 11) is 2.23. The third-order valence-electron chi connectivity index (χ3n) is 2.99. The van der Waals surface area contributed by atoms with Crippen LogP contribution in [0.4, 0.5) is 0 Å². The highest BCUT2D eigenvalue weighted by Gasteiger charge is 2.16. The summed E-state index contributed by atoms with van der Waals surface area (Å²) in [6, 6.07) is 0. The third-order valence-corrected chi connectivity index (χ3v) is 2.99. The van der Waals surface area contributed by atoms with E-state index in [0.29, 0.717) is 0 Å². The molecule has 1 nitrogen and oxygen atoms in total. The minimum atomic E-state index is 0.893. The van der Waals surface area contributed by atoms with E-state index in [1.807, 2.05) is 13.8 Å². The number of nitrogens with zero attached hydrogens (tertiary/aromatic N) is 1. The number of hydrogen-bond acceptors (Lipinski definition) is 1. The molecule has 0 saturated carbocycles. The largest absolute Gasteiger partial charge is 0.306 e. The summed E-state index contributed by atoms with van der Waals surface area (Å²) in [6.07, 6.45) is 5.76. The minimum Gasteiger partial charge on any atom is -0.306 e. The normalized spacial score (nSPS) is 19.3. The first-order valence-corrected chi connectivity index (χ1v) is 6.37. The summed E-state index contributed by atoms with van der Waals surface area (Å²) in [6.45, 7) is 11.3. The van der Waals surface area contributed by atoms with Crippen LogP contribution in [-0.2, 0) is 0 Å². The second-order valence-corrected chi connectivity index (χ2v) is 4.72. The molecule has 0 radical (unpaired) electrons. The Morgan fingerprint density at radius 1 is 1.14 bits per heavy atom. The van der Waals surface area contributed by atoms with E-state index in [1.54, 1.807) is 0 Å². The van der Waals surface area contributed by atoms with Gasteiger partial charge in [0.15, 0.2) is 0 Å². The van der Waals surface area contributed by atoms with E-state index in [9.17, 15) is 0 Å². The van der Waals surface area contributed by atoms with Crippen molar-refractivity contribution < 1.29 is 0 Å². The molecule has 1 fully saturated rings. The van der Waals surface area contributed by atoms with Crippen LogP contribution in [0.3, 0.4) is 0 Å². The number of likely N-dealkylation sites (tertiary alicyclic amines) is 1. The zero-order valence-corrected chi connectivity index (χ0v) is 10.8. The molecule has 0 unspecified atom stereocenters. The van der Waals surface area contributed by atoms with Crippen molar-refractivity contribution in [1.82, 2.24) is 4.90 Å². The molecule has 0 aromatic rings. The number of piperidine rings is 1. The summed E-state index contributed by atoms with van der Waals surface area (Å²) in [5.74, 6) is 1.92. The Labute approximate surface area is 90.9 Å². The van der Waals surface area contributed by atoms with Crippen molar-refractivity contribution in [2.75, 3.05) is 20.1 Å². The van der Waals surface area contributed by atoms with Crippen LogP contribution in [0.1, 0.15) is 53.4 Å². The number of hydrogen-bond donors (Lipinski definition) is 0. The van der Waals surface area contributed by atoms with E-state index < -0.39 is 0 Å². The van der Waals surface area contributed by atoms with Gasteiger partial charge in [0.05, 0.1) is 0 Å². The van der Waals surface area contributed by atoms with Crippen LogP contribution < -0.4 is 0 Å². The Hall–Kier alpha value is -0.0400. The first-order chi connectivity index (χ1) is 6.68. The second-order valence-electron chi connectivity index (χ2n) is 4.72. The molecule has 1 saturated heterocycles. The van der Waals surface area contributed by atoms with Gasteiger partial charge < -0.3 is 4.90 Å². The number of rotatable bonds is 3. The fourth-order valence-corrected chi connectivity index (χ4v) is 1.92. The maximum Gasteiger partial charge on any atom is -0.00191 e. The van der Waals surface area contributed by atoms with Crippen molar-refractivity contribution in [2.24, 2.45) is 11.8 Å². The summed E-state index contributed by atoms with van der Waals surface area (Å²) in [5, 5.41) is 0. The quantitative estimate of drug-likeness (QED) is 0.668. The minimum absolute atomic E-state index is 0.893. The van der Waals surface area contributed by atoms with Crippen molar-refractivity contribution in [3.05, 3.63) is 0 Å². The van der Waals surface area contributed by atoms with Crippen molar-refractivity contribution in [1.29, 1.82) is 0 Å². The fraction of sp³-hybridized carbons (Fsp3) is 1.00. The monoisotopic (exact) mass is 199 g/mol. The predicted octanol–water partition coefficient (Wildman–Crippen LogP) is 3.79. The molecule has 86 valence electrons. The zero-order valence-electron chi connectivity index (χ0n) is 10.8. The first kappa shape index (κ1) is 14.0. The molecule has 1 heterocycles. The lowest BCUT2D eigenvalue weighted by Gasteiger charge is -2.29. The second kappa shape index (κ2) is 8.28. The molecule has 0 amide bonds. The molecule has 0 spiro atoms. The molecule has 0 atom stereocenters. The van der Waals surface area contributed by atoms with Crippen molar-refractivity contribution in [3.8, 4) is 0 Å². The summed E-state index contributed by atoms with van der Waals surface area (Å²) >= 11 is 0. The van der Waals surface area contributed by atoms with Crippen LogP contribution in [0.2, 0.25) is 0 Å². The van der Waals surface area contributed by atoms with E-state index in [2.05, 4.69) is 25.8 Å². The molecule has 0 bridgehead atoms. The average molecular weight is 199 g/mol. The smallest absolute Gasteiger partial charge is 0.00191 e. The van der Waals surface area contributed by atoms with Crippen LogP contribution >= 0.6 is 0 Å². The van der Waals surface area contributed by atoms with Gasteiger partial charge in [-0.05, 0) is 44.8 Å². The van der Waals surface area contributed by atoms with Crippen LogP contribution in [0.5, 0.6) is 0 Å². The molecule has 1 heteroatoms. The summed E-state index contributed by atoms with van der Waals surface area (Å²) in [4.78, 5) is 2.45. The van der Waals surface area contributed by atoms with Crippen LogP contribution in [-0.4, -0.2) is 25.0 Å². The van der Waals surface area contributed by atoms with E-state index in [-0.39, 0.29) is 0 Å². The summed E-state index contributed by atoms with van der Waals surface area (Å²) < 4.78 is 0. The van der Waals surface area contributed by atoms with Gasteiger partial charge in [0.1, 0.15) is 0 Å². The highest BCUT2D eigenvalue weighted by Crippen LogP contribution is 2.22. The maximum atomic E-state index is 2.45. The Balaban J connectivity index is 0.000000791. The Morgan fingerprint density at radius 3 is 2.07 bits per heavy atom. The lowest BCUT2D eigenvalue weighted by molar-refractivity contribution is 0.206. The maximum absolute atomic E-state index is 2.45. The van der Waals surface area contributed by atoms with E-state index in [0.717, 1.165) is 11.8 Å². The van der Waals surface area contributed by atoms with Crippen LogP contribution in [0, 0.1) is 11.8 Å². The van der Waals surface area contributed by atoms with Gasteiger partial charge >= 0.3 is 0 Å². The fourth-order valence-electron chi connectivity index (χ4n) is 1.92. The molecule has 1 aliphatic heterocycles. The van der Waals surface area contributed by atoms with Gasteiger partial charge in [0, 0.05) is 0 Å². The van der Waals surface area contributed by atoms with Gasteiger partial charge in [-0.2, -0.15) is 0 Å². The Morgan fingerprint density at radius 2 is 1.64 bits per heavy atom. The van der Waals surface area contributed by atoms with Gasteiger partial charge in [-0.1, -0.05) is 40.5 Å². The van der Waals surface area contributed by atoms with E-state index >= 15 is 0 Å². The molecular formula is C13H29N. The molecular weight excluding hydrogens is 170 g/mol. The topological polar surface area (TPSA) is 3.24 Å². The molecule has 0 aliphatic carbocycles.